The lowest BCUT2D eigenvalue weighted by Crippen LogP contribution is -2.48. The number of hydrogen-bond acceptors (Lipinski definition) is 2. The van der Waals surface area contributed by atoms with E-state index in [1.54, 1.807) is 5.57 Å². The molecule has 4 aliphatic rings. The zero-order valence-electron chi connectivity index (χ0n) is 11.9. The number of benzene rings is 1. The van der Waals surface area contributed by atoms with E-state index in [4.69, 9.17) is 9.47 Å². The molecule has 2 fully saturated rings. The quantitative estimate of drug-likeness (QED) is 0.779. The zero-order valence-corrected chi connectivity index (χ0v) is 11.9. The molecular formula is C18H22O2. The van der Waals surface area contributed by atoms with E-state index in [0.29, 0.717) is 11.8 Å². The Labute approximate surface area is 120 Å². The van der Waals surface area contributed by atoms with E-state index in [1.165, 1.54) is 18.4 Å². The standard InChI is InChI=1S/C18H22O2/c1-2-4-14(5-3-1)6-8-16-12-15-7-9-17(16)18(13-15)19-10-11-20-18/h1-5,12,15,17H,6-11,13H2/t15-,17+/m1/s1. The first kappa shape index (κ1) is 12.6. The Balaban J connectivity index is 1.50. The van der Waals surface area contributed by atoms with Crippen LogP contribution in [0, 0.1) is 11.8 Å². The molecule has 1 aromatic carbocycles. The SMILES string of the molecule is C1=C(CCc2ccccc2)[C@@H]2CC[C@H]1CC21OCCO1. The Morgan fingerprint density at radius 3 is 2.55 bits per heavy atom. The molecule has 1 heterocycles. The molecule has 1 aliphatic heterocycles. The largest absolute Gasteiger partial charge is 0.347 e. The van der Waals surface area contributed by atoms with Gasteiger partial charge in [0.15, 0.2) is 5.79 Å². The third kappa shape index (κ3) is 2.11. The fraction of sp³-hybridized carbons (Fsp3) is 0.556. The lowest BCUT2D eigenvalue weighted by Gasteiger charge is -2.47. The van der Waals surface area contributed by atoms with E-state index >= 15 is 0 Å². The molecule has 1 saturated carbocycles. The molecule has 5 rings (SSSR count). The normalized spacial score (nSPS) is 30.7. The molecule has 106 valence electrons. The molecule has 3 aliphatic carbocycles. The van der Waals surface area contributed by atoms with Gasteiger partial charge in [-0.25, -0.2) is 0 Å². The highest BCUT2D eigenvalue weighted by atomic mass is 16.7. The van der Waals surface area contributed by atoms with Gasteiger partial charge in [0.1, 0.15) is 0 Å². The van der Waals surface area contributed by atoms with E-state index in [1.807, 2.05) is 0 Å². The summed E-state index contributed by atoms with van der Waals surface area (Å²) in [5.74, 6) is 0.909. The van der Waals surface area contributed by atoms with Crippen molar-refractivity contribution >= 4 is 0 Å². The van der Waals surface area contributed by atoms with Crippen LogP contribution in [0.25, 0.3) is 0 Å². The first-order valence-electron chi connectivity index (χ1n) is 7.88. The van der Waals surface area contributed by atoms with Crippen LogP contribution in [0.1, 0.15) is 31.2 Å². The molecular weight excluding hydrogens is 248 g/mol. The van der Waals surface area contributed by atoms with Gasteiger partial charge in [0, 0.05) is 12.3 Å². The van der Waals surface area contributed by atoms with Gasteiger partial charge in [0.25, 0.3) is 0 Å². The number of allylic oxidation sites excluding steroid dienone is 1. The molecule has 0 radical (unpaired) electrons. The van der Waals surface area contributed by atoms with Gasteiger partial charge in [-0.2, -0.15) is 0 Å². The third-order valence-electron chi connectivity index (χ3n) is 5.12. The van der Waals surface area contributed by atoms with Crippen LogP contribution in [0.3, 0.4) is 0 Å². The number of rotatable bonds is 3. The van der Waals surface area contributed by atoms with Crippen molar-refractivity contribution < 1.29 is 9.47 Å². The van der Waals surface area contributed by atoms with Crippen LogP contribution in [0.5, 0.6) is 0 Å². The molecule has 1 spiro atoms. The predicted molar refractivity (Wildman–Crippen MR) is 78.3 cm³/mol. The summed E-state index contributed by atoms with van der Waals surface area (Å²) >= 11 is 0. The molecule has 1 saturated heterocycles. The van der Waals surface area contributed by atoms with Gasteiger partial charge in [-0.1, -0.05) is 42.0 Å². The Morgan fingerprint density at radius 2 is 1.80 bits per heavy atom. The second-order valence-corrected chi connectivity index (χ2v) is 6.33. The van der Waals surface area contributed by atoms with Crippen LogP contribution in [-0.2, 0) is 15.9 Å². The van der Waals surface area contributed by atoms with Crippen molar-refractivity contribution in [2.24, 2.45) is 11.8 Å². The first-order valence-corrected chi connectivity index (χ1v) is 7.88. The zero-order chi connectivity index (χ0) is 13.4. The van der Waals surface area contributed by atoms with Crippen LogP contribution < -0.4 is 0 Å². The van der Waals surface area contributed by atoms with Gasteiger partial charge >= 0.3 is 0 Å². The van der Waals surface area contributed by atoms with Crippen molar-refractivity contribution in [2.75, 3.05) is 13.2 Å². The summed E-state index contributed by atoms with van der Waals surface area (Å²) in [5.41, 5.74) is 3.01. The molecule has 0 aromatic heterocycles. The molecule has 0 amide bonds. The maximum absolute atomic E-state index is 6.03. The Hall–Kier alpha value is -1.12. The second kappa shape index (κ2) is 5.01. The van der Waals surface area contributed by atoms with Gasteiger partial charge < -0.3 is 9.47 Å². The number of hydrogen-bond donors (Lipinski definition) is 0. The lowest BCUT2D eigenvalue weighted by molar-refractivity contribution is -0.215. The summed E-state index contributed by atoms with van der Waals surface area (Å²) in [4.78, 5) is 0. The Bertz CT molecular complexity index is 499. The lowest BCUT2D eigenvalue weighted by atomic mass is 9.66. The predicted octanol–water partition coefficient (Wildman–Crippen LogP) is 3.72. The number of ether oxygens (including phenoxy) is 2. The monoisotopic (exact) mass is 270 g/mol. The minimum atomic E-state index is -0.260. The first-order chi connectivity index (χ1) is 9.86. The van der Waals surface area contributed by atoms with Gasteiger partial charge in [-0.15, -0.1) is 0 Å². The number of aryl methyl sites for hydroxylation is 1. The third-order valence-corrected chi connectivity index (χ3v) is 5.12. The molecule has 0 N–H and O–H groups in total. The summed E-state index contributed by atoms with van der Waals surface area (Å²) in [6, 6.07) is 10.8. The van der Waals surface area contributed by atoms with Crippen molar-refractivity contribution in [3.63, 3.8) is 0 Å². The highest BCUT2D eigenvalue weighted by Gasteiger charge is 2.52. The fourth-order valence-corrected chi connectivity index (χ4v) is 4.22. The number of fused-ring (bicyclic) bond motifs is 1. The minimum absolute atomic E-state index is 0.260. The van der Waals surface area contributed by atoms with E-state index in [0.717, 1.165) is 32.5 Å². The van der Waals surface area contributed by atoms with Gasteiger partial charge in [-0.05, 0) is 37.2 Å². The summed E-state index contributed by atoms with van der Waals surface area (Å²) in [6.45, 7) is 1.55. The average Bonchev–Trinajstić information content (AvgIpc) is 2.95. The summed E-state index contributed by atoms with van der Waals surface area (Å²) < 4.78 is 12.1. The second-order valence-electron chi connectivity index (χ2n) is 6.33. The van der Waals surface area contributed by atoms with Crippen LogP contribution in [0.15, 0.2) is 42.0 Å². The topological polar surface area (TPSA) is 18.5 Å². The van der Waals surface area contributed by atoms with Crippen molar-refractivity contribution in [3.8, 4) is 0 Å². The highest BCUT2D eigenvalue weighted by Crippen LogP contribution is 2.51. The Morgan fingerprint density at radius 1 is 1.00 bits per heavy atom. The fourth-order valence-electron chi connectivity index (χ4n) is 4.22. The van der Waals surface area contributed by atoms with Crippen LogP contribution in [0.4, 0.5) is 0 Å². The van der Waals surface area contributed by atoms with Crippen LogP contribution in [-0.4, -0.2) is 19.0 Å². The van der Waals surface area contributed by atoms with E-state index in [9.17, 15) is 0 Å². The molecule has 1 aromatic rings. The van der Waals surface area contributed by atoms with Crippen molar-refractivity contribution in [1.29, 1.82) is 0 Å². The van der Waals surface area contributed by atoms with Crippen molar-refractivity contribution in [1.82, 2.24) is 0 Å². The molecule has 2 bridgehead atoms. The van der Waals surface area contributed by atoms with E-state index in [-0.39, 0.29) is 5.79 Å². The molecule has 20 heavy (non-hydrogen) atoms. The van der Waals surface area contributed by atoms with Crippen molar-refractivity contribution in [3.05, 3.63) is 47.5 Å². The molecule has 2 heteroatoms. The smallest absolute Gasteiger partial charge is 0.175 e. The van der Waals surface area contributed by atoms with E-state index < -0.39 is 0 Å². The minimum Gasteiger partial charge on any atom is -0.347 e. The van der Waals surface area contributed by atoms with Gasteiger partial charge in [0.05, 0.1) is 13.2 Å². The van der Waals surface area contributed by atoms with E-state index in [2.05, 4.69) is 36.4 Å². The summed E-state index contributed by atoms with van der Waals surface area (Å²) in [5, 5.41) is 0. The van der Waals surface area contributed by atoms with Gasteiger partial charge in [-0.3, -0.25) is 0 Å². The summed E-state index contributed by atoms with van der Waals surface area (Å²) in [7, 11) is 0. The average molecular weight is 270 g/mol. The van der Waals surface area contributed by atoms with Crippen LogP contribution in [0.2, 0.25) is 0 Å². The van der Waals surface area contributed by atoms with Crippen LogP contribution >= 0.6 is 0 Å². The molecule has 2 nitrogen and oxygen atoms in total. The maximum atomic E-state index is 6.03. The Kier molecular flexibility index (Phi) is 3.16. The molecule has 2 atom stereocenters. The van der Waals surface area contributed by atoms with Gasteiger partial charge in [0.2, 0.25) is 0 Å². The van der Waals surface area contributed by atoms with Crippen molar-refractivity contribution in [2.45, 2.75) is 37.9 Å². The molecule has 0 unspecified atom stereocenters. The highest BCUT2D eigenvalue weighted by molar-refractivity contribution is 5.24. The maximum Gasteiger partial charge on any atom is 0.175 e. The summed E-state index contributed by atoms with van der Waals surface area (Å²) in [6.07, 6.45) is 8.44.